The Hall–Kier alpha value is -4.14. The van der Waals surface area contributed by atoms with Crippen molar-refractivity contribution in [1.29, 1.82) is 0 Å². The molecule has 5 amide bonds. The standard InChI is InChI=1S/C23H23N5O4/c1-14(29)25-16-5-4-6-17(11-16)26-21(30)12-20-22(31)28(23(32)27-20)10-9-15-13-24-19-8-3-2-7-18(15)19/h2-8,11,13,20,24H,9-10,12H2,1H3,(H,25,29)(H,26,30)(H,27,32)/t20-/m0/s1. The lowest BCUT2D eigenvalue weighted by Crippen LogP contribution is -2.34. The van der Waals surface area contributed by atoms with Crippen LogP contribution in [0.15, 0.2) is 54.7 Å². The number of nitrogens with one attached hydrogen (secondary N) is 4. The lowest BCUT2D eigenvalue weighted by molar-refractivity contribution is -0.129. The van der Waals surface area contributed by atoms with Crippen LogP contribution in [-0.4, -0.2) is 46.2 Å². The summed E-state index contributed by atoms with van der Waals surface area (Å²) in [5.74, 6) is -1.06. The number of carbonyl (C=O) groups excluding carboxylic acids is 4. The average Bonchev–Trinajstić information content (AvgIpc) is 3.27. The highest BCUT2D eigenvalue weighted by atomic mass is 16.2. The van der Waals surface area contributed by atoms with Crippen LogP contribution in [0.1, 0.15) is 18.9 Å². The molecule has 1 atom stereocenters. The predicted octanol–water partition coefficient (Wildman–Crippen LogP) is 2.62. The number of aromatic nitrogens is 1. The molecular formula is C23H23N5O4. The minimum absolute atomic E-state index is 0.182. The van der Waals surface area contributed by atoms with Crippen molar-refractivity contribution < 1.29 is 19.2 Å². The molecule has 32 heavy (non-hydrogen) atoms. The fourth-order valence-electron chi connectivity index (χ4n) is 3.77. The van der Waals surface area contributed by atoms with Crippen molar-refractivity contribution >= 4 is 46.0 Å². The van der Waals surface area contributed by atoms with Gasteiger partial charge in [0.1, 0.15) is 6.04 Å². The summed E-state index contributed by atoms with van der Waals surface area (Å²) in [6.45, 7) is 1.62. The van der Waals surface area contributed by atoms with Gasteiger partial charge in [-0.25, -0.2) is 4.79 Å². The molecule has 3 aromatic rings. The molecule has 1 fully saturated rings. The second-order valence-corrected chi connectivity index (χ2v) is 7.62. The molecule has 4 rings (SSSR count). The van der Waals surface area contributed by atoms with Crippen LogP contribution in [0.4, 0.5) is 16.2 Å². The fourth-order valence-corrected chi connectivity index (χ4v) is 3.77. The van der Waals surface area contributed by atoms with E-state index in [0.29, 0.717) is 17.8 Å². The largest absolute Gasteiger partial charge is 0.361 e. The molecule has 0 bridgehead atoms. The number of hydrogen-bond donors (Lipinski definition) is 4. The molecule has 0 saturated carbocycles. The van der Waals surface area contributed by atoms with Crippen LogP contribution in [0.5, 0.6) is 0 Å². The number of imide groups is 1. The number of amides is 5. The first-order valence-electron chi connectivity index (χ1n) is 10.2. The highest BCUT2D eigenvalue weighted by molar-refractivity contribution is 6.07. The van der Waals surface area contributed by atoms with Gasteiger partial charge in [0.05, 0.1) is 6.42 Å². The molecule has 4 N–H and O–H groups in total. The van der Waals surface area contributed by atoms with E-state index < -0.39 is 23.9 Å². The monoisotopic (exact) mass is 433 g/mol. The van der Waals surface area contributed by atoms with Gasteiger partial charge in [-0.3, -0.25) is 19.3 Å². The zero-order valence-electron chi connectivity index (χ0n) is 17.5. The molecule has 1 aliphatic rings. The molecule has 2 aromatic carbocycles. The first-order valence-corrected chi connectivity index (χ1v) is 10.2. The molecule has 1 saturated heterocycles. The zero-order chi connectivity index (χ0) is 22.7. The summed E-state index contributed by atoms with van der Waals surface area (Å²) in [7, 11) is 0. The van der Waals surface area contributed by atoms with Crippen molar-refractivity contribution in [3.8, 4) is 0 Å². The summed E-state index contributed by atoms with van der Waals surface area (Å²) in [6, 6.07) is 13.1. The van der Waals surface area contributed by atoms with Crippen LogP contribution in [0, 0.1) is 0 Å². The Bertz CT molecular complexity index is 1200. The van der Waals surface area contributed by atoms with E-state index in [4.69, 9.17) is 0 Å². The van der Waals surface area contributed by atoms with E-state index in [9.17, 15) is 19.2 Å². The van der Waals surface area contributed by atoms with Gasteiger partial charge in [-0.15, -0.1) is 0 Å². The molecule has 164 valence electrons. The van der Waals surface area contributed by atoms with E-state index in [2.05, 4.69) is 20.9 Å². The normalized spacial score (nSPS) is 15.7. The molecule has 0 radical (unpaired) electrons. The summed E-state index contributed by atoms with van der Waals surface area (Å²) in [5, 5.41) is 8.97. The van der Waals surface area contributed by atoms with Gasteiger partial charge in [-0.1, -0.05) is 24.3 Å². The van der Waals surface area contributed by atoms with Gasteiger partial charge in [0.15, 0.2) is 0 Å². The number of carbonyl (C=O) groups is 4. The summed E-state index contributed by atoms with van der Waals surface area (Å²) < 4.78 is 0. The zero-order valence-corrected chi connectivity index (χ0v) is 17.5. The maximum atomic E-state index is 12.7. The van der Waals surface area contributed by atoms with Crippen LogP contribution < -0.4 is 16.0 Å². The van der Waals surface area contributed by atoms with Gasteiger partial charge in [0.25, 0.3) is 5.91 Å². The van der Waals surface area contributed by atoms with Gasteiger partial charge < -0.3 is 20.9 Å². The van der Waals surface area contributed by atoms with Gasteiger partial charge in [-0.2, -0.15) is 0 Å². The number of aromatic amines is 1. The molecule has 2 heterocycles. The minimum atomic E-state index is -0.913. The summed E-state index contributed by atoms with van der Waals surface area (Å²) in [6.07, 6.45) is 2.21. The van der Waals surface area contributed by atoms with Crippen molar-refractivity contribution in [3.05, 3.63) is 60.3 Å². The number of para-hydroxylation sites is 1. The van der Waals surface area contributed by atoms with Gasteiger partial charge in [0.2, 0.25) is 11.8 Å². The van der Waals surface area contributed by atoms with Crippen molar-refractivity contribution in [1.82, 2.24) is 15.2 Å². The first-order chi connectivity index (χ1) is 15.4. The second kappa shape index (κ2) is 8.93. The summed E-state index contributed by atoms with van der Waals surface area (Å²) in [4.78, 5) is 53.0. The van der Waals surface area contributed by atoms with E-state index in [-0.39, 0.29) is 18.9 Å². The number of anilines is 2. The van der Waals surface area contributed by atoms with E-state index in [1.165, 1.54) is 6.92 Å². The maximum absolute atomic E-state index is 12.7. The number of hydrogen-bond acceptors (Lipinski definition) is 4. The molecule has 9 nitrogen and oxygen atoms in total. The Morgan fingerprint density at radius 1 is 1.03 bits per heavy atom. The number of nitrogens with zero attached hydrogens (tertiary/aromatic N) is 1. The number of H-pyrrole nitrogens is 1. The second-order valence-electron chi connectivity index (χ2n) is 7.62. The number of fused-ring (bicyclic) bond motifs is 1. The van der Waals surface area contributed by atoms with Crippen molar-refractivity contribution in [3.63, 3.8) is 0 Å². The number of urea groups is 1. The third kappa shape index (κ3) is 4.61. The van der Waals surface area contributed by atoms with E-state index >= 15 is 0 Å². The highest BCUT2D eigenvalue weighted by Gasteiger charge is 2.38. The lowest BCUT2D eigenvalue weighted by Gasteiger charge is -2.13. The lowest BCUT2D eigenvalue weighted by atomic mass is 10.1. The van der Waals surface area contributed by atoms with Gasteiger partial charge in [0, 0.05) is 41.9 Å². The maximum Gasteiger partial charge on any atom is 0.324 e. The van der Waals surface area contributed by atoms with Crippen LogP contribution in [-0.2, 0) is 20.8 Å². The predicted molar refractivity (Wildman–Crippen MR) is 120 cm³/mol. The Morgan fingerprint density at radius 3 is 2.56 bits per heavy atom. The molecule has 9 heteroatoms. The third-order valence-corrected chi connectivity index (χ3v) is 5.24. The third-order valence-electron chi connectivity index (χ3n) is 5.24. The van der Waals surface area contributed by atoms with E-state index in [1.807, 2.05) is 30.5 Å². The first kappa shape index (κ1) is 21.1. The SMILES string of the molecule is CC(=O)Nc1cccc(NC(=O)C[C@@H]2NC(=O)N(CCc3c[nH]c4ccccc34)C2=O)c1. The van der Waals surface area contributed by atoms with Crippen LogP contribution in [0.3, 0.4) is 0 Å². The van der Waals surface area contributed by atoms with Crippen LogP contribution >= 0.6 is 0 Å². The smallest absolute Gasteiger partial charge is 0.324 e. The fraction of sp³-hybridized carbons (Fsp3) is 0.217. The summed E-state index contributed by atoms with van der Waals surface area (Å²) in [5.41, 5.74) is 3.04. The van der Waals surface area contributed by atoms with Crippen LogP contribution in [0.2, 0.25) is 0 Å². The molecule has 0 aliphatic carbocycles. The van der Waals surface area contributed by atoms with Crippen molar-refractivity contribution in [2.24, 2.45) is 0 Å². The van der Waals surface area contributed by atoms with Crippen molar-refractivity contribution in [2.45, 2.75) is 25.8 Å². The Labute approximate surface area is 184 Å². The Kier molecular flexibility index (Phi) is 5.89. The molecular weight excluding hydrogens is 410 g/mol. The van der Waals surface area contributed by atoms with Crippen molar-refractivity contribution in [2.75, 3.05) is 17.2 Å². The minimum Gasteiger partial charge on any atom is -0.361 e. The Balaban J connectivity index is 1.34. The molecule has 1 aromatic heterocycles. The molecule has 0 unspecified atom stereocenters. The van der Waals surface area contributed by atoms with Gasteiger partial charge >= 0.3 is 6.03 Å². The van der Waals surface area contributed by atoms with Crippen LogP contribution in [0.25, 0.3) is 10.9 Å². The topological polar surface area (TPSA) is 123 Å². The number of rotatable bonds is 7. The number of benzene rings is 2. The molecule has 0 spiro atoms. The molecule has 1 aliphatic heterocycles. The van der Waals surface area contributed by atoms with Gasteiger partial charge in [-0.05, 0) is 36.2 Å². The average molecular weight is 433 g/mol. The summed E-state index contributed by atoms with van der Waals surface area (Å²) >= 11 is 0. The van der Waals surface area contributed by atoms with E-state index in [1.54, 1.807) is 24.3 Å². The quantitative estimate of drug-likeness (QED) is 0.428. The van der Waals surface area contributed by atoms with E-state index in [0.717, 1.165) is 21.4 Å². The Morgan fingerprint density at radius 2 is 1.78 bits per heavy atom. The highest BCUT2D eigenvalue weighted by Crippen LogP contribution is 2.20.